The fourth-order valence-electron chi connectivity index (χ4n) is 3.50. The molecule has 0 atom stereocenters. The van der Waals surface area contributed by atoms with Crippen molar-refractivity contribution in [2.24, 2.45) is 0 Å². The predicted molar refractivity (Wildman–Crippen MR) is 143 cm³/mol. The summed E-state index contributed by atoms with van der Waals surface area (Å²) in [4.78, 5) is 30.6. The summed E-state index contributed by atoms with van der Waals surface area (Å²) >= 11 is 0. The van der Waals surface area contributed by atoms with E-state index in [1.807, 2.05) is 14.1 Å². The highest BCUT2D eigenvalue weighted by Crippen LogP contribution is 2.30. The molecule has 3 N–H and O–H groups in total. The van der Waals surface area contributed by atoms with Gasteiger partial charge in [-0.25, -0.2) is 4.79 Å². The molecule has 4 rings (SSSR count). The smallest absolute Gasteiger partial charge is 0.335 e. The van der Waals surface area contributed by atoms with Gasteiger partial charge in [0.15, 0.2) is 0 Å². The topological polar surface area (TPSA) is 126 Å². The summed E-state index contributed by atoms with van der Waals surface area (Å²) in [6, 6.07) is 20.2. The Kier molecular flexibility index (Phi) is 6.92. The van der Waals surface area contributed by atoms with Crippen molar-refractivity contribution < 1.29 is 20.1 Å². The summed E-state index contributed by atoms with van der Waals surface area (Å²) in [6.45, 7) is 3.60. The number of phenols is 2. The Hall–Kier alpha value is -5.12. The van der Waals surface area contributed by atoms with Gasteiger partial charge >= 0.3 is 5.97 Å². The highest BCUT2D eigenvalue weighted by Gasteiger charge is 2.19. The molecule has 1 heterocycles. The Balaban J connectivity index is 1.75. The van der Waals surface area contributed by atoms with Gasteiger partial charge in [-0.1, -0.05) is 18.7 Å². The van der Waals surface area contributed by atoms with Crippen LogP contribution in [0.1, 0.15) is 5.56 Å². The molecule has 0 radical (unpaired) electrons. The number of aromatic hydroxyl groups is 2. The first-order valence-corrected chi connectivity index (χ1v) is 11.2. The van der Waals surface area contributed by atoms with Gasteiger partial charge in [0.05, 0.1) is 5.57 Å². The second kappa shape index (κ2) is 10.2. The van der Waals surface area contributed by atoms with E-state index in [0.717, 1.165) is 17.1 Å². The highest BCUT2D eigenvalue weighted by molar-refractivity contribution is 6.14. The van der Waals surface area contributed by atoms with Crippen molar-refractivity contribution in [1.82, 2.24) is 15.0 Å². The van der Waals surface area contributed by atoms with Crippen molar-refractivity contribution in [1.29, 1.82) is 0 Å². The molecule has 188 valence electrons. The summed E-state index contributed by atoms with van der Waals surface area (Å²) in [5, 5.41) is 28.5. The Morgan fingerprint density at radius 3 is 1.22 bits per heavy atom. The van der Waals surface area contributed by atoms with Crippen LogP contribution in [0, 0.1) is 0 Å². The van der Waals surface area contributed by atoms with Gasteiger partial charge in [0.1, 0.15) is 11.5 Å². The third-order valence-corrected chi connectivity index (χ3v) is 5.84. The molecular weight excluding hydrogens is 472 g/mol. The zero-order valence-electron chi connectivity index (χ0n) is 20.6. The van der Waals surface area contributed by atoms with E-state index in [1.54, 1.807) is 94.5 Å². The van der Waals surface area contributed by atoms with E-state index in [1.165, 1.54) is 0 Å². The maximum absolute atomic E-state index is 11.2. The van der Waals surface area contributed by atoms with Crippen LogP contribution in [-0.4, -0.2) is 57.4 Å². The molecule has 0 aliphatic heterocycles. The Morgan fingerprint density at radius 1 is 0.622 bits per heavy atom. The first-order chi connectivity index (χ1) is 17.6. The molecule has 0 saturated carbocycles. The Morgan fingerprint density at radius 2 is 0.919 bits per heavy atom. The van der Waals surface area contributed by atoms with Crippen molar-refractivity contribution in [3.8, 4) is 11.5 Å². The van der Waals surface area contributed by atoms with Crippen LogP contribution >= 0.6 is 0 Å². The molecule has 0 aliphatic carbocycles. The largest absolute Gasteiger partial charge is 0.508 e. The van der Waals surface area contributed by atoms with E-state index in [9.17, 15) is 20.1 Å². The number of phenolic OH excluding ortho intramolecular Hbond substituents is 2. The minimum atomic E-state index is -1.08. The maximum atomic E-state index is 11.2. The number of aromatic nitrogens is 3. The molecule has 0 spiro atoms. The zero-order chi connectivity index (χ0) is 26.7. The van der Waals surface area contributed by atoms with Crippen LogP contribution in [0.15, 0.2) is 79.4 Å². The van der Waals surface area contributed by atoms with Crippen LogP contribution in [0.2, 0.25) is 0 Å². The van der Waals surface area contributed by atoms with Gasteiger partial charge in [-0.2, -0.15) is 15.0 Å². The molecule has 0 saturated heterocycles. The number of aliphatic carboxylic acids is 1. The van der Waals surface area contributed by atoms with Crippen molar-refractivity contribution in [3.63, 3.8) is 0 Å². The molecule has 4 aromatic rings. The monoisotopic (exact) mass is 498 g/mol. The SMILES string of the molecule is C=C(C(=O)O)c1ccc(N(C)c2nc(N(C)c3ccc(O)cc3)nc(N(C)c3ccc(O)cc3)n2)cc1. The quantitative estimate of drug-likeness (QED) is 0.295. The van der Waals surface area contributed by atoms with Gasteiger partial charge in [-0.15, -0.1) is 0 Å². The number of nitrogens with zero attached hydrogens (tertiary/aromatic N) is 6. The van der Waals surface area contributed by atoms with E-state index in [4.69, 9.17) is 0 Å². The molecule has 0 unspecified atom stereocenters. The van der Waals surface area contributed by atoms with E-state index < -0.39 is 5.97 Å². The molecule has 10 heteroatoms. The van der Waals surface area contributed by atoms with Gasteiger partial charge in [0.25, 0.3) is 0 Å². The molecule has 0 bridgehead atoms. The lowest BCUT2D eigenvalue weighted by Crippen LogP contribution is -2.22. The molecule has 10 nitrogen and oxygen atoms in total. The number of carboxylic acid groups (broad SMARTS) is 1. The minimum Gasteiger partial charge on any atom is -0.508 e. The lowest BCUT2D eigenvalue weighted by atomic mass is 10.1. The number of rotatable bonds is 8. The van der Waals surface area contributed by atoms with Gasteiger partial charge in [0.2, 0.25) is 17.8 Å². The first-order valence-electron chi connectivity index (χ1n) is 11.2. The zero-order valence-corrected chi connectivity index (χ0v) is 20.6. The number of carbonyl (C=O) groups is 1. The van der Waals surface area contributed by atoms with Gasteiger partial charge < -0.3 is 30.0 Å². The van der Waals surface area contributed by atoms with Gasteiger partial charge in [-0.05, 0) is 66.2 Å². The first kappa shape index (κ1) is 25.0. The highest BCUT2D eigenvalue weighted by atomic mass is 16.4. The molecule has 0 aliphatic rings. The average Bonchev–Trinajstić information content (AvgIpc) is 2.92. The molecule has 37 heavy (non-hydrogen) atoms. The standard InChI is InChI=1S/C27H26N6O4/c1-17(24(36)37)18-5-7-19(8-6-18)31(2)25-28-26(32(3)20-9-13-22(34)14-10-20)30-27(29-25)33(4)21-11-15-23(35)16-12-21/h5-16,34-35H,1H2,2-4H3,(H,36,37). The summed E-state index contributed by atoms with van der Waals surface area (Å²) in [7, 11) is 5.41. The maximum Gasteiger partial charge on any atom is 0.335 e. The number of carboxylic acids is 1. The van der Waals surface area contributed by atoms with Crippen LogP contribution in [0.4, 0.5) is 34.9 Å². The molecule has 0 amide bonds. The number of hydrogen-bond donors (Lipinski definition) is 3. The van der Waals surface area contributed by atoms with Gasteiger partial charge in [0, 0.05) is 38.2 Å². The third-order valence-electron chi connectivity index (χ3n) is 5.84. The van der Waals surface area contributed by atoms with E-state index in [-0.39, 0.29) is 17.1 Å². The van der Waals surface area contributed by atoms with E-state index >= 15 is 0 Å². The average molecular weight is 499 g/mol. The van der Waals surface area contributed by atoms with Crippen LogP contribution in [-0.2, 0) is 4.79 Å². The van der Waals surface area contributed by atoms with Crippen molar-refractivity contribution in [3.05, 3.63) is 84.9 Å². The number of benzene rings is 3. The fourth-order valence-corrected chi connectivity index (χ4v) is 3.50. The molecular formula is C27H26N6O4. The van der Waals surface area contributed by atoms with E-state index in [0.29, 0.717) is 23.4 Å². The minimum absolute atomic E-state index is 0.00461. The molecule has 3 aromatic carbocycles. The summed E-state index contributed by atoms with van der Waals surface area (Å²) in [6.07, 6.45) is 0. The number of anilines is 6. The second-order valence-electron chi connectivity index (χ2n) is 8.28. The van der Waals surface area contributed by atoms with Crippen molar-refractivity contribution in [2.45, 2.75) is 0 Å². The summed E-state index contributed by atoms with van der Waals surface area (Å²) in [5.41, 5.74) is 2.75. The molecule has 1 aromatic heterocycles. The predicted octanol–water partition coefficient (Wildman–Crippen LogP) is 4.68. The van der Waals surface area contributed by atoms with E-state index in [2.05, 4.69) is 21.5 Å². The lowest BCUT2D eigenvalue weighted by molar-refractivity contribution is -0.130. The Bertz CT molecular complexity index is 1350. The summed E-state index contributed by atoms with van der Waals surface area (Å²) in [5.74, 6) is 0.284. The van der Waals surface area contributed by atoms with Crippen LogP contribution < -0.4 is 14.7 Å². The van der Waals surface area contributed by atoms with Crippen LogP contribution in [0.3, 0.4) is 0 Å². The van der Waals surface area contributed by atoms with Crippen molar-refractivity contribution >= 4 is 46.4 Å². The van der Waals surface area contributed by atoms with Gasteiger partial charge in [-0.3, -0.25) is 0 Å². The molecule has 0 fully saturated rings. The number of hydrogen-bond acceptors (Lipinski definition) is 9. The summed E-state index contributed by atoms with van der Waals surface area (Å²) < 4.78 is 0. The lowest BCUT2D eigenvalue weighted by Gasteiger charge is -2.25. The van der Waals surface area contributed by atoms with Crippen molar-refractivity contribution in [2.75, 3.05) is 35.8 Å². The van der Waals surface area contributed by atoms with Crippen LogP contribution in [0.5, 0.6) is 11.5 Å². The second-order valence-corrected chi connectivity index (χ2v) is 8.28. The Labute approximate surface area is 214 Å². The normalized spacial score (nSPS) is 10.6. The third kappa shape index (κ3) is 5.43. The van der Waals surface area contributed by atoms with Crippen LogP contribution in [0.25, 0.3) is 5.57 Å². The fraction of sp³-hybridized carbons (Fsp3) is 0.111.